The molecule has 2 rings (SSSR count). The molecule has 0 unspecified atom stereocenters. The molecule has 0 spiro atoms. The number of carbonyl (C=O) groups is 2. The largest absolute Gasteiger partial charge is 0.369 e. The molecule has 144 valence electrons. The lowest BCUT2D eigenvalue weighted by molar-refractivity contribution is -0.121. The van der Waals surface area contributed by atoms with Crippen molar-refractivity contribution in [3.63, 3.8) is 0 Å². The monoisotopic (exact) mass is 380 g/mol. The van der Waals surface area contributed by atoms with Crippen LogP contribution < -0.4 is 15.5 Å². The van der Waals surface area contributed by atoms with E-state index in [9.17, 15) is 9.59 Å². The predicted molar refractivity (Wildman–Crippen MR) is 106 cm³/mol. The average Bonchev–Trinajstić information content (AvgIpc) is 2.57. The molecule has 1 aliphatic rings. The number of aryl methyl sites for hydroxylation is 1. The minimum absolute atomic E-state index is 0.236. The van der Waals surface area contributed by atoms with Gasteiger partial charge < -0.3 is 10.2 Å². The Labute approximate surface area is 160 Å². The van der Waals surface area contributed by atoms with E-state index in [-0.39, 0.29) is 12.5 Å². The van der Waals surface area contributed by atoms with Gasteiger partial charge in [-0.2, -0.15) is 0 Å². The van der Waals surface area contributed by atoms with Crippen LogP contribution in [0.5, 0.6) is 0 Å². The Kier molecular flexibility index (Phi) is 7.72. The number of anilines is 1. The third-order valence-electron chi connectivity index (χ3n) is 4.51. The number of hydrogen-bond acceptors (Lipinski definition) is 4. The molecule has 1 heterocycles. The van der Waals surface area contributed by atoms with Gasteiger partial charge in [0.25, 0.3) is 0 Å². The van der Waals surface area contributed by atoms with Gasteiger partial charge in [0.05, 0.1) is 6.54 Å². The van der Waals surface area contributed by atoms with Crippen LogP contribution in [0.15, 0.2) is 18.2 Å². The van der Waals surface area contributed by atoms with Crippen molar-refractivity contribution in [1.29, 1.82) is 0 Å². The van der Waals surface area contributed by atoms with E-state index in [1.807, 2.05) is 18.2 Å². The fourth-order valence-corrected chi connectivity index (χ4v) is 3.12. The Hall–Kier alpha value is -1.79. The highest BCUT2D eigenvalue weighted by Crippen LogP contribution is 2.25. The van der Waals surface area contributed by atoms with Crippen molar-refractivity contribution in [2.45, 2.75) is 27.2 Å². The van der Waals surface area contributed by atoms with E-state index in [1.165, 1.54) is 5.56 Å². The average molecular weight is 381 g/mol. The molecule has 0 atom stereocenters. The summed E-state index contributed by atoms with van der Waals surface area (Å²) in [5.74, 6) is 0.255. The first-order valence-electron chi connectivity index (χ1n) is 9.16. The second-order valence-electron chi connectivity index (χ2n) is 7.18. The van der Waals surface area contributed by atoms with Gasteiger partial charge in [0.15, 0.2) is 0 Å². The molecule has 0 aromatic heterocycles. The number of imide groups is 1. The molecule has 1 saturated heterocycles. The van der Waals surface area contributed by atoms with Gasteiger partial charge in [-0.3, -0.25) is 15.0 Å². The molecule has 0 bridgehead atoms. The lowest BCUT2D eigenvalue weighted by Gasteiger charge is -2.36. The first-order chi connectivity index (χ1) is 12.3. The summed E-state index contributed by atoms with van der Waals surface area (Å²) >= 11 is 6.11. The quantitative estimate of drug-likeness (QED) is 0.796. The number of carbonyl (C=O) groups excluding carboxylic acids is 2. The van der Waals surface area contributed by atoms with Gasteiger partial charge in [0, 0.05) is 43.4 Å². The lowest BCUT2D eigenvalue weighted by Crippen LogP contribution is -2.51. The maximum Gasteiger partial charge on any atom is 0.321 e. The van der Waals surface area contributed by atoms with Gasteiger partial charge in [-0.15, -0.1) is 0 Å². The van der Waals surface area contributed by atoms with Crippen LogP contribution in [-0.2, 0) is 4.79 Å². The minimum Gasteiger partial charge on any atom is -0.369 e. The van der Waals surface area contributed by atoms with Crippen LogP contribution in [0.25, 0.3) is 0 Å². The predicted octanol–water partition coefficient (Wildman–Crippen LogP) is 2.64. The highest BCUT2D eigenvalue weighted by atomic mass is 35.5. The number of piperazine rings is 1. The van der Waals surface area contributed by atoms with Crippen molar-refractivity contribution in [2.24, 2.45) is 5.92 Å². The van der Waals surface area contributed by atoms with Gasteiger partial charge in [-0.05, 0) is 37.0 Å². The molecule has 1 aromatic rings. The Morgan fingerprint density at radius 3 is 2.54 bits per heavy atom. The van der Waals surface area contributed by atoms with Crippen molar-refractivity contribution in [2.75, 3.05) is 44.2 Å². The first-order valence-corrected chi connectivity index (χ1v) is 9.54. The fraction of sp³-hybridized carbons (Fsp3) is 0.579. The molecule has 1 aromatic carbocycles. The third kappa shape index (κ3) is 6.50. The van der Waals surface area contributed by atoms with Gasteiger partial charge in [-0.25, -0.2) is 4.79 Å². The van der Waals surface area contributed by atoms with Gasteiger partial charge >= 0.3 is 6.03 Å². The van der Waals surface area contributed by atoms with Crippen molar-refractivity contribution in [3.05, 3.63) is 28.8 Å². The Balaban J connectivity index is 1.73. The van der Waals surface area contributed by atoms with Crippen LogP contribution in [0.1, 0.15) is 25.8 Å². The fourth-order valence-electron chi connectivity index (χ4n) is 2.96. The summed E-state index contributed by atoms with van der Waals surface area (Å²) in [4.78, 5) is 28.1. The van der Waals surface area contributed by atoms with Gasteiger partial charge in [0.2, 0.25) is 5.91 Å². The second-order valence-corrected chi connectivity index (χ2v) is 7.62. The van der Waals surface area contributed by atoms with E-state index in [1.54, 1.807) is 0 Å². The maximum absolute atomic E-state index is 12.0. The molecular weight excluding hydrogens is 352 g/mol. The topological polar surface area (TPSA) is 64.7 Å². The third-order valence-corrected chi connectivity index (χ3v) is 4.75. The molecule has 3 amide bonds. The molecule has 26 heavy (non-hydrogen) atoms. The molecule has 1 fully saturated rings. The zero-order chi connectivity index (χ0) is 19.1. The van der Waals surface area contributed by atoms with Gasteiger partial charge in [0.1, 0.15) is 0 Å². The van der Waals surface area contributed by atoms with Crippen LogP contribution in [0, 0.1) is 12.8 Å². The number of benzene rings is 1. The first kappa shape index (κ1) is 20.5. The van der Waals surface area contributed by atoms with Gasteiger partial charge in [-0.1, -0.05) is 31.5 Å². The van der Waals surface area contributed by atoms with Crippen LogP contribution in [0.2, 0.25) is 5.02 Å². The second kappa shape index (κ2) is 9.78. The number of halogens is 1. The zero-order valence-electron chi connectivity index (χ0n) is 15.8. The highest BCUT2D eigenvalue weighted by Gasteiger charge is 2.21. The van der Waals surface area contributed by atoms with E-state index < -0.39 is 6.03 Å². The van der Waals surface area contributed by atoms with E-state index in [4.69, 9.17) is 11.6 Å². The Morgan fingerprint density at radius 2 is 1.88 bits per heavy atom. The van der Waals surface area contributed by atoms with Crippen molar-refractivity contribution < 1.29 is 9.59 Å². The SMILES string of the molecule is Cc1ccc(Cl)cc1N1CCN(CC(=O)NC(=O)NCCC(C)C)CC1. The van der Waals surface area contributed by atoms with Crippen LogP contribution >= 0.6 is 11.6 Å². The molecule has 1 aliphatic heterocycles. The van der Waals surface area contributed by atoms with Crippen molar-refractivity contribution >= 4 is 29.2 Å². The zero-order valence-corrected chi connectivity index (χ0v) is 16.6. The normalized spacial score (nSPS) is 15.2. The van der Waals surface area contributed by atoms with E-state index in [0.29, 0.717) is 12.5 Å². The number of amides is 3. The van der Waals surface area contributed by atoms with E-state index in [0.717, 1.165) is 43.3 Å². The number of hydrogen-bond donors (Lipinski definition) is 2. The van der Waals surface area contributed by atoms with Crippen LogP contribution in [0.4, 0.5) is 10.5 Å². The standard InChI is InChI=1S/C19H29ClN4O2/c1-14(2)6-7-21-19(26)22-18(25)13-23-8-10-24(11-9-23)17-12-16(20)5-4-15(17)3/h4-5,12,14H,6-11,13H2,1-3H3,(H2,21,22,25,26). The molecule has 0 aliphatic carbocycles. The van der Waals surface area contributed by atoms with Crippen molar-refractivity contribution in [1.82, 2.24) is 15.5 Å². The number of urea groups is 1. The number of rotatable bonds is 6. The summed E-state index contributed by atoms with van der Waals surface area (Å²) in [5.41, 5.74) is 2.34. The summed E-state index contributed by atoms with van der Waals surface area (Å²) in [6, 6.07) is 5.49. The minimum atomic E-state index is -0.413. The smallest absolute Gasteiger partial charge is 0.321 e. The molecule has 7 heteroatoms. The summed E-state index contributed by atoms with van der Waals surface area (Å²) in [5, 5.41) is 5.84. The highest BCUT2D eigenvalue weighted by molar-refractivity contribution is 6.30. The van der Waals surface area contributed by atoms with E-state index in [2.05, 4.69) is 41.2 Å². The lowest BCUT2D eigenvalue weighted by atomic mass is 10.1. The van der Waals surface area contributed by atoms with Crippen LogP contribution in [-0.4, -0.2) is 56.1 Å². The summed E-state index contributed by atoms with van der Waals surface area (Å²) in [6.45, 7) is 10.3. The Bertz CT molecular complexity index is 628. The molecule has 0 saturated carbocycles. The van der Waals surface area contributed by atoms with Crippen molar-refractivity contribution in [3.8, 4) is 0 Å². The maximum atomic E-state index is 12.0. The van der Waals surface area contributed by atoms with Crippen LogP contribution in [0.3, 0.4) is 0 Å². The molecule has 2 N–H and O–H groups in total. The Morgan fingerprint density at radius 1 is 1.19 bits per heavy atom. The number of nitrogens with one attached hydrogen (secondary N) is 2. The summed E-state index contributed by atoms with van der Waals surface area (Å²) in [6.07, 6.45) is 0.895. The summed E-state index contributed by atoms with van der Waals surface area (Å²) in [7, 11) is 0. The molecule has 0 radical (unpaired) electrons. The summed E-state index contributed by atoms with van der Waals surface area (Å²) < 4.78 is 0. The molecular formula is C19H29ClN4O2. The molecule has 6 nitrogen and oxygen atoms in total. The number of nitrogens with zero attached hydrogens (tertiary/aromatic N) is 2. The van der Waals surface area contributed by atoms with E-state index >= 15 is 0 Å².